The van der Waals surface area contributed by atoms with E-state index in [-0.39, 0.29) is 37.7 Å². The number of aromatic nitrogens is 4. The Morgan fingerprint density at radius 2 is 1.21 bits per heavy atom. The van der Waals surface area contributed by atoms with Gasteiger partial charge in [0.1, 0.15) is 27.9 Å². The highest BCUT2D eigenvalue weighted by Gasteiger charge is 2.18. The Kier molecular flexibility index (Phi) is 12.9. The van der Waals surface area contributed by atoms with Crippen molar-refractivity contribution in [3.8, 4) is 22.5 Å². The van der Waals surface area contributed by atoms with Gasteiger partial charge in [-0.3, -0.25) is 20.2 Å². The van der Waals surface area contributed by atoms with Crippen LogP contribution in [-0.4, -0.2) is 58.0 Å². The first-order valence-corrected chi connectivity index (χ1v) is 14.0. The number of carbonyl (C=O) groups is 1. The van der Waals surface area contributed by atoms with Crippen molar-refractivity contribution in [2.75, 3.05) is 5.73 Å². The molecule has 20 heteroatoms. The molecular formula is C27H18BCl4N7O8. The van der Waals surface area contributed by atoms with Gasteiger partial charge in [-0.05, 0) is 35.8 Å². The predicted octanol–water partition coefficient (Wildman–Crippen LogP) is 5.36. The Bertz CT molecular complexity index is 1960. The fourth-order valence-electron chi connectivity index (χ4n) is 3.47. The minimum atomic E-state index is -1.73. The molecule has 5 rings (SSSR count). The molecule has 0 aliphatic carbocycles. The van der Waals surface area contributed by atoms with Crippen LogP contribution in [0.1, 0.15) is 10.5 Å². The molecule has 0 saturated carbocycles. The van der Waals surface area contributed by atoms with Crippen LogP contribution < -0.4 is 11.2 Å². The van der Waals surface area contributed by atoms with Crippen molar-refractivity contribution < 1.29 is 29.8 Å². The molecule has 0 bridgehead atoms. The number of anilines is 1. The summed E-state index contributed by atoms with van der Waals surface area (Å²) in [7, 11) is -1.73. The number of rotatable bonds is 6. The lowest BCUT2D eigenvalue weighted by Crippen LogP contribution is -2.29. The molecule has 2 heterocycles. The Balaban J connectivity index is 0.000000194. The number of benzene rings is 3. The number of carboxylic acids is 1. The van der Waals surface area contributed by atoms with Gasteiger partial charge in [-0.2, -0.15) is 0 Å². The maximum absolute atomic E-state index is 10.8. The molecule has 0 saturated heterocycles. The third kappa shape index (κ3) is 10.3. The van der Waals surface area contributed by atoms with Crippen LogP contribution in [0.2, 0.25) is 20.2 Å². The molecule has 2 aromatic heterocycles. The molecule has 3 aromatic carbocycles. The fourth-order valence-corrected chi connectivity index (χ4v) is 4.11. The molecule has 5 N–H and O–H groups in total. The second kappa shape index (κ2) is 16.6. The Labute approximate surface area is 284 Å². The Hall–Kier alpha value is -4.97. The van der Waals surface area contributed by atoms with Gasteiger partial charge in [0.15, 0.2) is 5.69 Å². The molecule has 15 nitrogen and oxygen atoms in total. The average molecular weight is 721 g/mol. The zero-order valence-electron chi connectivity index (χ0n) is 23.2. The first-order chi connectivity index (χ1) is 22.2. The number of hydrogen-bond donors (Lipinski definition) is 4. The average Bonchev–Trinajstić information content (AvgIpc) is 3.03. The van der Waals surface area contributed by atoms with E-state index >= 15 is 0 Å². The van der Waals surface area contributed by atoms with Gasteiger partial charge in [0.05, 0.1) is 31.9 Å². The van der Waals surface area contributed by atoms with Gasteiger partial charge in [-0.15, -0.1) is 0 Å². The highest BCUT2D eigenvalue weighted by Crippen LogP contribution is 2.30. The van der Waals surface area contributed by atoms with Crippen LogP contribution >= 0.6 is 46.4 Å². The quantitative estimate of drug-likeness (QED) is 0.0568. The molecule has 0 amide bonds. The third-order valence-electron chi connectivity index (χ3n) is 5.72. The molecule has 0 aliphatic rings. The van der Waals surface area contributed by atoms with Crippen molar-refractivity contribution in [2.45, 2.75) is 0 Å². The lowest BCUT2D eigenvalue weighted by Gasteiger charge is -2.04. The van der Waals surface area contributed by atoms with E-state index in [1.807, 2.05) is 0 Å². The molecule has 47 heavy (non-hydrogen) atoms. The van der Waals surface area contributed by atoms with Gasteiger partial charge < -0.3 is 20.9 Å². The number of nitrogen functional groups attached to an aromatic ring is 1. The minimum Gasteiger partial charge on any atom is -0.477 e. The van der Waals surface area contributed by atoms with E-state index in [0.29, 0.717) is 33.2 Å². The first-order valence-electron chi connectivity index (χ1n) is 12.5. The van der Waals surface area contributed by atoms with Crippen molar-refractivity contribution in [1.82, 2.24) is 19.9 Å². The lowest BCUT2D eigenvalue weighted by atomic mass is 9.80. The smallest absolute Gasteiger partial charge is 0.477 e. The number of hydrogen-bond acceptors (Lipinski definition) is 12. The summed E-state index contributed by atoms with van der Waals surface area (Å²) in [6, 6.07) is 15.9. The number of nitro groups is 2. The van der Waals surface area contributed by atoms with E-state index in [1.54, 1.807) is 24.3 Å². The summed E-state index contributed by atoms with van der Waals surface area (Å²) < 4.78 is 0. The maximum Gasteiger partial charge on any atom is 0.488 e. The maximum atomic E-state index is 10.8. The molecular weight excluding hydrogens is 703 g/mol. The zero-order valence-corrected chi connectivity index (χ0v) is 26.3. The van der Waals surface area contributed by atoms with E-state index in [9.17, 15) is 25.0 Å². The monoisotopic (exact) mass is 719 g/mol. The Morgan fingerprint density at radius 3 is 1.74 bits per heavy atom. The first kappa shape index (κ1) is 36.5. The Morgan fingerprint density at radius 1 is 0.702 bits per heavy atom. The van der Waals surface area contributed by atoms with E-state index in [4.69, 9.17) is 67.3 Å². The largest absolute Gasteiger partial charge is 0.488 e. The summed E-state index contributed by atoms with van der Waals surface area (Å²) in [6.45, 7) is 0. The van der Waals surface area contributed by atoms with Crippen LogP contribution in [0.3, 0.4) is 0 Å². The van der Waals surface area contributed by atoms with Crippen LogP contribution in [-0.2, 0) is 0 Å². The topological polar surface area (TPSA) is 242 Å². The highest BCUT2D eigenvalue weighted by atomic mass is 35.5. The number of nitro benzene ring substituents is 2. The van der Waals surface area contributed by atoms with Gasteiger partial charge in [-0.25, -0.2) is 24.7 Å². The van der Waals surface area contributed by atoms with Crippen molar-refractivity contribution in [2.24, 2.45) is 0 Å². The van der Waals surface area contributed by atoms with E-state index < -0.39 is 22.9 Å². The number of aromatic carboxylic acids is 1. The van der Waals surface area contributed by atoms with Crippen LogP contribution in [0.25, 0.3) is 22.5 Å². The number of carboxylic acid groups (broad SMARTS) is 1. The van der Waals surface area contributed by atoms with E-state index in [2.05, 4.69) is 19.9 Å². The second-order valence-electron chi connectivity index (χ2n) is 8.82. The third-order valence-corrected chi connectivity index (χ3v) is 6.91. The molecule has 0 radical (unpaired) electrons. The number of halogens is 4. The molecule has 0 atom stereocenters. The van der Waals surface area contributed by atoms with Crippen molar-refractivity contribution in [3.05, 3.63) is 126 Å². The fraction of sp³-hybridized carbons (Fsp3) is 0. The van der Waals surface area contributed by atoms with Gasteiger partial charge in [-0.1, -0.05) is 64.6 Å². The molecule has 5 aromatic rings. The van der Waals surface area contributed by atoms with Gasteiger partial charge in [0.25, 0.3) is 11.4 Å². The van der Waals surface area contributed by atoms with Gasteiger partial charge >= 0.3 is 13.1 Å². The summed E-state index contributed by atoms with van der Waals surface area (Å²) >= 11 is 22.7. The SMILES string of the molecule is Nc1cc(-c2cc(C(=O)O)ncn2)ccc1Cl.O=[N+]([O-])c1cc(-c2cc(Cl)ncn2)ccc1Cl.O=[N+]([O-])c1cc(B(O)O)ccc1Cl. The molecule has 0 spiro atoms. The molecule has 0 fully saturated rings. The van der Waals surface area contributed by atoms with Crippen LogP contribution in [0, 0.1) is 20.2 Å². The van der Waals surface area contributed by atoms with Crippen LogP contribution in [0.4, 0.5) is 17.1 Å². The minimum absolute atomic E-state index is 0.0330. The number of nitrogens with zero attached hydrogens (tertiary/aromatic N) is 6. The van der Waals surface area contributed by atoms with Gasteiger partial charge in [0.2, 0.25) is 0 Å². The summed E-state index contributed by atoms with van der Waals surface area (Å²) in [5.74, 6) is -1.10. The second-order valence-corrected chi connectivity index (χ2v) is 10.4. The van der Waals surface area contributed by atoms with Crippen LogP contribution in [0.15, 0.2) is 79.4 Å². The standard InChI is InChI=1S/C11H8ClN3O2.C10H5Cl2N3O2.C6H5BClNO4/c12-7-2-1-6(3-8(7)13)9-4-10(11(16)17)15-5-14-9;11-7-2-1-6(3-9(7)15(16)17)8-4-10(12)14-5-13-8;8-5-2-1-4(7(10)11)3-6(5)9(12)13/h1-5H,13H2,(H,16,17);1-5H;1-3,10-11H. The van der Waals surface area contributed by atoms with E-state index in [1.165, 1.54) is 49.1 Å². The van der Waals surface area contributed by atoms with Crippen molar-refractivity contribution >= 4 is 82.0 Å². The summed E-state index contributed by atoms with van der Waals surface area (Å²) in [6.07, 6.45) is 2.49. The molecule has 0 unspecified atom stereocenters. The summed E-state index contributed by atoms with van der Waals surface area (Å²) in [5.41, 5.74) is 7.79. The van der Waals surface area contributed by atoms with Crippen molar-refractivity contribution in [3.63, 3.8) is 0 Å². The summed E-state index contributed by atoms with van der Waals surface area (Å²) in [5, 5.41) is 48.1. The zero-order chi connectivity index (χ0) is 34.8. The molecule has 240 valence electrons. The normalized spacial score (nSPS) is 10.1. The van der Waals surface area contributed by atoms with E-state index in [0.717, 1.165) is 6.07 Å². The summed E-state index contributed by atoms with van der Waals surface area (Å²) in [4.78, 5) is 46.0. The highest BCUT2D eigenvalue weighted by molar-refractivity contribution is 6.58. The van der Waals surface area contributed by atoms with Gasteiger partial charge in [0, 0.05) is 29.3 Å². The van der Waals surface area contributed by atoms with Crippen LogP contribution in [0.5, 0.6) is 0 Å². The van der Waals surface area contributed by atoms with Crippen molar-refractivity contribution in [1.29, 1.82) is 0 Å². The number of nitrogens with two attached hydrogens (primary N) is 1. The predicted molar refractivity (Wildman–Crippen MR) is 176 cm³/mol. The molecule has 0 aliphatic heterocycles. The lowest BCUT2D eigenvalue weighted by molar-refractivity contribution is -0.384.